The van der Waals surface area contributed by atoms with Crippen LogP contribution in [0.2, 0.25) is 0 Å². The molecule has 3 heterocycles. The molecule has 0 aliphatic heterocycles. The molecule has 0 fully saturated rings. The highest BCUT2D eigenvalue weighted by molar-refractivity contribution is 5.85. The molecule has 104 valence electrons. The lowest BCUT2D eigenvalue weighted by Crippen LogP contribution is -2.01. The third-order valence-corrected chi connectivity index (χ3v) is 2.83. The van der Waals surface area contributed by atoms with E-state index in [2.05, 4.69) is 19.9 Å². The van der Waals surface area contributed by atoms with Crippen molar-refractivity contribution in [3.05, 3.63) is 54.5 Å². The number of aryl methyl sites for hydroxylation is 1. The van der Waals surface area contributed by atoms with Gasteiger partial charge in [-0.05, 0) is 19.1 Å². The molecule has 0 saturated carbocycles. The normalized spacial score (nSPS) is 10.5. The molecule has 1 N–H and O–H groups in total. The van der Waals surface area contributed by atoms with Crippen LogP contribution in [0.25, 0.3) is 17.2 Å². The molecule has 0 aliphatic carbocycles. The molecule has 0 radical (unpaired) electrons. The summed E-state index contributed by atoms with van der Waals surface area (Å²) in [4.78, 5) is 27.5. The van der Waals surface area contributed by atoms with E-state index in [1.165, 1.54) is 12.5 Å². The number of aromatic nitrogens is 5. The lowest BCUT2D eigenvalue weighted by atomic mass is 10.2. The molecule has 0 aromatic carbocycles. The minimum absolute atomic E-state index is 0.0332. The van der Waals surface area contributed by atoms with Gasteiger partial charge in [-0.1, -0.05) is 0 Å². The van der Waals surface area contributed by atoms with Gasteiger partial charge in [-0.2, -0.15) is 0 Å². The van der Waals surface area contributed by atoms with Gasteiger partial charge in [0.05, 0.1) is 0 Å². The fourth-order valence-electron chi connectivity index (χ4n) is 1.87. The fraction of sp³-hybridized carbons (Fsp3) is 0.0714. The number of pyridine rings is 1. The SMILES string of the molecule is Cc1cc(-n2cnc(C(=O)O)c2)nc(-c2cccnc2)n1. The van der Waals surface area contributed by atoms with Gasteiger partial charge in [-0.3, -0.25) is 9.55 Å². The fourth-order valence-corrected chi connectivity index (χ4v) is 1.87. The highest BCUT2D eigenvalue weighted by atomic mass is 16.4. The third kappa shape index (κ3) is 2.62. The Morgan fingerprint density at radius 2 is 2.19 bits per heavy atom. The van der Waals surface area contributed by atoms with Crippen molar-refractivity contribution in [2.45, 2.75) is 6.92 Å². The van der Waals surface area contributed by atoms with Gasteiger partial charge >= 0.3 is 5.97 Å². The quantitative estimate of drug-likeness (QED) is 0.785. The Kier molecular flexibility index (Phi) is 3.15. The first-order chi connectivity index (χ1) is 10.1. The summed E-state index contributed by atoms with van der Waals surface area (Å²) in [6.45, 7) is 1.85. The van der Waals surface area contributed by atoms with Crippen molar-refractivity contribution in [2.24, 2.45) is 0 Å². The van der Waals surface area contributed by atoms with Crippen LogP contribution < -0.4 is 0 Å². The van der Waals surface area contributed by atoms with Crippen molar-refractivity contribution < 1.29 is 9.90 Å². The van der Waals surface area contributed by atoms with Crippen molar-refractivity contribution in [3.63, 3.8) is 0 Å². The Bertz CT molecular complexity index is 798. The zero-order chi connectivity index (χ0) is 14.8. The van der Waals surface area contributed by atoms with E-state index in [-0.39, 0.29) is 5.69 Å². The van der Waals surface area contributed by atoms with Gasteiger partial charge in [0, 0.05) is 35.9 Å². The lowest BCUT2D eigenvalue weighted by Gasteiger charge is -2.06. The maximum Gasteiger partial charge on any atom is 0.356 e. The Morgan fingerprint density at radius 1 is 1.33 bits per heavy atom. The average molecular weight is 281 g/mol. The van der Waals surface area contributed by atoms with Crippen LogP contribution in [-0.4, -0.2) is 35.6 Å². The van der Waals surface area contributed by atoms with Gasteiger partial charge in [-0.25, -0.2) is 19.7 Å². The topological polar surface area (TPSA) is 93.8 Å². The van der Waals surface area contributed by atoms with Gasteiger partial charge < -0.3 is 5.11 Å². The molecule has 7 heteroatoms. The second kappa shape index (κ2) is 5.12. The van der Waals surface area contributed by atoms with Crippen molar-refractivity contribution in [1.29, 1.82) is 0 Å². The number of rotatable bonds is 3. The first-order valence-electron chi connectivity index (χ1n) is 6.17. The molecule has 3 aromatic heterocycles. The molecule has 0 atom stereocenters. The average Bonchev–Trinajstić information content (AvgIpc) is 2.98. The summed E-state index contributed by atoms with van der Waals surface area (Å²) in [6, 6.07) is 5.43. The second-order valence-electron chi connectivity index (χ2n) is 4.40. The molecule has 21 heavy (non-hydrogen) atoms. The first kappa shape index (κ1) is 12.9. The summed E-state index contributed by atoms with van der Waals surface area (Å²) in [5.74, 6) is 0.0111. The number of hydrogen-bond donors (Lipinski definition) is 1. The summed E-state index contributed by atoms with van der Waals surface area (Å²) in [5.41, 5.74) is 1.53. The summed E-state index contributed by atoms with van der Waals surface area (Å²) >= 11 is 0. The zero-order valence-electron chi connectivity index (χ0n) is 11.1. The highest BCUT2D eigenvalue weighted by Gasteiger charge is 2.10. The number of carboxylic acid groups (broad SMARTS) is 1. The van der Waals surface area contributed by atoms with E-state index < -0.39 is 5.97 Å². The molecule has 0 spiro atoms. The molecule has 0 amide bonds. The van der Waals surface area contributed by atoms with Crippen molar-refractivity contribution in [3.8, 4) is 17.2 Å². The van der Waals surface area contributed by atoms with Gasteiger partial charge in [0.2, 0.25) is 0 Å². The van der Waals surface area contributed by atoms with Crippen molar-refractivity contribution in [1.82, 2.24) is 24.5 Å². The monoisotopic (exact) mass is 281 g/mol. The molecule has 3 aromatic rings. The number of hydrogen-bond acceptors (Lipinski definition) is 5. The van der Waals surface area contributed by atoms with E-state index in [1.807, 2.05) is 13.0 Å². The number of aromatic carboxylic acids is 1. The molecular formula is C14H11N5O2. The Morgan fingerprint density at radius 3 is 2.86 bits per heavy atom. The number of carbonyl (C=O) groups is 1. The summed E-state index contributed by atoms with van der Waals surface area (Å²) in [7, 11) is 0. The Hall–Kier alpha value is -3.09. The van der Waals surface area contributed by atoms with Crippen LogP contribution in [0.15, 0.2) is 43.1 Å². The van der Waals surface area contributed by atoms with E-state index in [1.54, 1.807) is 29.1 Å². The maximum absolute atomic E-state index is 10.9. The molecular weight excluding hydrogens is 270 g/mol. The van der Waals surface area contributed by atoms with Crippen LogP contribution >= 0.6 is 0 Å². The van der Waals surface area contributed by atoms with E-state index in [0.717, 1.165) is 11.3 Å². The second-order valence-corrected chi connectivity index (χ2v) is 4.40. The van der Waals surface area contributed by atoms with Crippen molar-refractivity contribution >= 4 is 5.97 Å². The minimum Gasteiger partial charge on any atom is -0.476 e. The summed E-state index contributed by atoms with van der Waals surface area (Å²) in [6.07, 6.45) is 6.18. The largest absolute Gasteiger partial charge is 0.476 e. The summed E-state index contributed by atoms with van der Waals surface area (Å²) in [5, 5.41) is 8.92. The zero-order valence-corrected chi connectivity index (χ0v) is 11.1. The third-order valence-electron chi connectivity index (χ3n) is 2.83. The standard InChI is InChI=1S/C14H11N5O2/c1-9-5-12(19-7-11(14(20)21)16-8-19)18-13(17-9)10-3-2-4-15-6-10/h2-8H,1H3,(H,20,21). The first-order valence-corrected chi connectivity index (χ1v) is 6.17. The molecule has 0 saturated heterocycles. The molecule has 0 unspecified atom stereocenters. The van der Waals surface area contributed by atoms with Gasteiger partial charge in [0.25, 0.3) is 0 Å². The van der Waals surface area contributed by atoms with Gasteiger partial charge in [0.1, 0.15) is 12.1 Å². The smallest absolute Gasteiger partial charge is 0.356 e. The molecule has 7 nitrogen and oxygen atoms in total. The van der Waals surface area contributed by atoms with Crippen molar-refractivity contribution in [2.75, 3.05) is 0 Å². The van der Waals surface area contributed by atoms with E-state index in [9.17, 15) is 4.79 Å². The summed E-state index contributed by atoms with van der Waals surface area (Å²) < 4.78 is 1.55. The Balaban J connectivity index is 2.07. The van der Waals surface area contributed by atoms with E-state index in [0.29, 0.717) is 11.6 Å². The van der Waals surface area contributed by atoms with Crippen LogP contribution in [0.4, 0.5) is 0 Å². The van der Waals surface area contributed by atoms with Gasteiger partial charge in [-0.15, -0.1) is 0 Å². The van der Waals surface area contributed by atoms with Crippen LogP contribution in [0.5, 0.6) is 0 Å². The minimum atomic E-state index is -1.08. The van der Waals surface area contributed by atoms with E-state index >= 15 is 0 Å². The number of carboxylic acids is 1. The van der Waals surface area contributed by atoms with Crippen LogP contribution in [-0.2, 0) is 0 Å². The number of imidazole rings is 1. The lowest BCUT2D eigenvalue weighted by molar-refractivity contribution is 0.0691. The molecule has 0 aliphatic rings. The predicted molar refractivity (Wildman–Crippen MR) is 74.1 cm³/mol. The van der Waals surface area contributed by atoms with Crippen LogP contribution in [0.3, 0.4) is 0 Å². The Labute approximate surface area is 120 Å². The van der Waals surface area contributed by atoms with Gasteiger partial charge in [0.15, 0.2) is 11.5 Å². The maximum atomic E-state index is 10.9. The van der Waals surface area contributed by atoms with Crippen LogP contribution in [0.1, 0.15) is 16.2 Å². The highest BCUT2D eigenvalue weighted by Crippen LogP contribution is 2.16. The number of nitrogens with zero attached hydrogens (tertiary/aromatic N) is 5. The van der Waals surface area contributed by atoms with E-state index in [4.69, 9.17) is 5.11 Å². The molecule has 3 rings (SSSR count). The molecule has 0 bridgehead atoms. The van der Waals surface area contributed by atoms with Crippen LogP contribution in [0, 0.1) is 6.92 Å². The predicted octanol–water partition coefficient (Wildman–Crippen LogP) is 1.73.